The molecule has 0 bridgehead atoms. The van der Waals surface area contributed by atoms with Crippen molar-refractivity contribution in [2.45, 2.75) is 44.8 Å². The third-order valence-electron chi connectivity index (χ3n) is 3.63. The average Bonchev–Trinajstić information content (AvgIpc) is 2.37. The summed E-state index contributed by atoms with van der Waals surface area (Å²) in [6.45, 7) is 2.29. The van der Waals surface area contributed by atoms with Gasteiger partial charge in [-0.1, -0.05) is 47.8 Å². The lowest BCUT2D eigenvalue weighted by atomic mass is 9.88. The summed E-state index contributed by atoms with van der Waals surface area (Å²) in [5, 5.41) is 0.753. The minimum atomic E-state index is -0.196. The van der Waals surface area contributed by atoms with E-state index in [0.717, 1.165) is 29.7 Å². The standard InChI is InChI=1S/C15H20BrFO/c1-11-3-2-4-14(9-11)18-15(10-16)12-5-7-13(17)8-6-12/h5-8,11,14-15H,2-4,9-10H2,1H3. The maximum Gasteiger partial charge on any atom is 0.123 e. The second kappa shape index (κ2) is 6.67. The summed E-state index contributed by atoms with van der Waals surface area (Å²) in [5.74, 6) is 0.561. The molecular weight excluding hydrogens is 295 g/mol. The molecule has 0 radical (unpaired) electrons. The second-order valence-electron chi connectivity index (χ2n) is 5.22. The predicted octanol–water partition coefficient (Wildman–Crippen LogP) is 4.86. The van der Waals surface area contributed by atoms with Crippen LogP contribution in [0, 0.1) is 11.7 Å². The van der Waals surface area contributed by atoms with Crippen LogP contribution < -0.4 is 0 Å². The van der Waals surface area contributed by atoms with Crippen LogP contribution in [0.5, 0.6) is 0 Å². The molecule has 2 rings (SSSR count). The summed E-state index contributed by atoms with van der Waals surface area (Å²) < 4.78 is 19.1. The van der Waals surface area contributed by atoms with Crippen LogP contribution in [0.4, 0.5) is 4.39 Å². The van der Waals surface area contributed by atoms with Crippen LogP contribution in [0.3, 0.4) is 0 Å². The Bertz CT molecular complexity index is 365. The second-order valence-corrected chi connectivity index (χ2v) is 5.87. The highest BCUT2D eigenvalue weighted by atomic mass is 79.9. The van der Waals surface area contributed by atoms with E-state index in [1.807, 2.05) is 12.1 Å². The fourth-order valence-electron chi connectivity index (χ4n) is 2.62. The van der Waals surface area contributed by atoms with Gasteiger partial charge in [-0.25, -0.2) is 4.39 Å². The molecule has 1 aliphatic carbocycles. The van der Waals surface area contributed by atoms with Gasteiger partial charge in [0.05, 0.1) is 12.2 Å². The van der Waals surface area contributed by atoms with Crippen molar-refractivity contribution in [1.29, 1.82) is 0 Å². The summed E-state index contributed by atoms with van der Waals surface area (Å²) in [7, 11) is 0. The molecule has 0 heterocycles. The molecule has 1 aromatic carbocycles. The van der Waals surface area contributed by atoms with Crippen molar-refractivity contribution in [3.05, 3.63) is 35.6 Å². The van der Waals surface area contributed by atoms with E-state index in [4.69, 9.17) is 4.74 Å². The summed E-state index contributed by atoms with van der Waals surface area (Å²) in [4.78, 5) is 0. The van der Waals surface area contributed by atoms with Gasteiger partial charge in [0.15, 0.2) is 0 Å². The topological polar surface area (TPSA) is 9.23 Å². The lowest BCUT2D eigenvalue weighted by Crippen LogP contribution is -2.24. The molecule has 18 heavy (non-hydrogen) atoms. The summed E-state index contributed by atoms with van der Waals surface area (Å²) in [5.41, 5.74) is 1.05. The number of alkyl halides is 1. The van der Waals surface area contributed by atoms with E-state index in [1.54, 1.807) is 0 Å². The van der Waals surface area contributed by atoms with Gasteiger partial charge in [-0.05, 0) is 36.5 Å². The molecule has 1 saturated carbocycles. The van der Waals surface area contributed by atoms with Gasteiger partial charge in [-0.3, -0.25) is 0 Å². The van der Waals surface area contributed by atoms with Crippen molar-refractivity contribution in [2.24, 2.45) is 5.92 Å². The first-order chi connectivity index (χ1) is 8.69. The van der Waals surface area contributed by atoms with E-state index in [9.17, 15) is 4.39 Å². The fraction of sp³-hybridized carbons (Fsp3) is 0.600. The summed E-state index contributed by atoms with van der Waals surface area (Å²) in [6, 6.07) is 6.62. The van der Waals surface area contributed by atoms with Crippen LogP contribution >= 0.6 is 15.9 Å². The highest BCUT2D eigenvalue weighted by Crippen LogP contribution is 2.30. The minimum absolute atomic E-state index is 0.0286. The molecule has 0 saturated heterocycles. The molecule has 1 fully saturated rings. The number of hydrogen-bond donors (Lipinski definition) is 0. The number of benzene rings is 1. The molecule has 0 spiro atoms. The monoisotopic (exact) mass is 314 g/mol. The molecule has 3 heteroatoms. The molecule has 0 aromatic heterocycles. The van der Waals surface area contributed by atoms with Crippen LogP contribution in [0.15, 0.2) is 24.3 Å². The number of rotatable bonds is 4. The molecule has 1 nitrogen and oxygen atoms in total. The Morgan fingerprint density at radius 2 is 2.06 bits per heavy atom. The minimum Gasteiger partial charge on any atom is -0.369 e. The smallest absolute Gasteiger partial charge is 0.123 e. The normalized spacial score (nSPS) is 25.9. The number of hydrogen-bond acceptors (Lipinski definition) is 1. The lowest BCUT2D eigenvalue weighted by molar-refractivity contribution is -0.0290. The SMILES string of the molecule is CC1CCCC(OC(CBr)c2ccc(F)cc2)C1. The Morgan fingerprint density at radius 1 is 1.33 bits per heavy atom. The van der Waals surface area contributed by atoms with Crippen LogP contribution in [-0.4, -0.2) is 11.4 Å². The van der Waals surface area contributed by atoms with E-state index in [0.29, 0.717) is 6.10 Å². The Morgan fingerprint density at radius 3 is 2.67 bits per heavy atom. The molecule has 0 aliphatic heterocycles. The van der Waals surface area contributed by atoms with Gasteiger partial charge in [0.2, 0.25) is 0 Å². The number of ether oxygens (including phenoxy) is 1. The first-order valence-electron chi connectivity index (χ1n) is 6.66. The molecule has 3 unspecified atom stereocenters. The molecule has 0 amide bonds. The van der Waals surface area contributed by atoms with Crippen molar-refractivity contribution in [3.8, 4) is 0 Å². The van der Waals surface area contributed by atoms with Gasteiger partial charge < -0.3 is 4.74 Å². The Labute approximate surface area is 117 Å². The number of halogens is 2. The Hall–Kier alpha value is -0.410. The zero-order chi connectivity index (χ0) is 13.0. The Kier molecular flexibility index (Phi) is 5.19. The molecule has 1 aromatic rings. The summed E-state index contributed by atoms with van der Waals surface area (Å²) in [6.07, 6.45) is 5.24. The largest absolute Gasteiger partial charge is 0.369 e. The van der Waals surface area contributed by atoms with E-state index < -0.39 is 0 Å². The van der Waals surface area contributed by atoms with Gasteiger partial charge in [-0.15, -0.1) is 0 Å². The van der Waals surface area contributed by atoms with Gasteiger partial charge in [0.1, 0.15) is 5.82 Å². The van der Waals surface area contributed by atoms with Crippen molar-refractivity contribution < 1.29 is 9.13 Å². The molecule has 0 N–H and O–H groups in total. The van der Waals surface area contributed by atoms with E-state index in [1.165, 1.54) is 25.0 Å². The predicted molar refractivity (Wildman–Crippen MR) is 75.4 cm³/mol. The van der Waals surface area contributed by atoms with Gasteiger partial charge in [0.25, 0.3) is 0 Å². The van der Waals surface area contributed by atoms with Crippen molar-refractivity contribution in [3.63, 3.8) is 0 Å². The molecule has 1 aliphatic rings. The van der Waals surface area contributed by atoms with Crippen molar-refractivity contribution in [1.82, 2.24) is 0 Å². The van der Waals surface area contributed by atoms with Crippen LogP contribution in [0.2, 0.25) is 0 Å². The van der Waals surface area contributed by atoms with Gasteiger partial charge in [-0.2, -0.15) is 0 Å². The maximum absolute atomic E-state index is 12.9. The van der Waals surface area contributed by atoms with Gasteiger partial charge in [0, 0.05) is 5.33 Å². The zero-order valence-corrected chi connectivity index (χ0v) is 12.3. The molecule has 3 atom stereocenters. The highest BCUT2D eigenvalue weighted by molar-refractivity contribution is 9.09. The third kappa shape index (κ3) is 3.79. The first-order valence-corrected chi connectivity index (χ1v) is 7.78. The van der Waals surface area contributed by atoms with Crippen molar-refractivity contribution in [2.75, 3.05) is 5.33 Å². The van der Waals surface area contributed by atoms with E-state index >= 15 is 0 Å². The summed E-state index contributed by atoms with van der Waals surface area (Å²) >= 11 is 3.49. The highest BCUT2D eigenvalue weighted by Gasteiger charge is 2.23. The lowest BCUT2D eigenvalue weighted by Gasteiger charge is -2.30. The third-order valence-corrected chi connectivity index (χ3v) is 4.22. The van der Waals surface area contributed by atoms with Crippen LogP contribution in [0.1, 0.15) is 44.3 Å². The average molecular weight is 315 g/mol. The van der Waals surface area contributed by atoms with Crippen molar-refractivity contribution >= 4 is 15.9 Å². The molecular formula is C15H20BrFO. The molecule has 100 valence electrons. The van der Waals surface area contributed by atoms with Crippen LogP contribution in [-0.2, 0) is 4.74 Å². The fourth-order valence-corrected chi connectivity index (χ4v) is 3.14. The van der Waals surface area contributed by atoms with E-state index in [-0.39, 0.29) is 11.9 Å². The van der Waals surface area contributed by atoms with E-state index in [2.05, 4.69) is 22.9 Å². The maximum atomic E-state index is 12.9. The first kappa shape index (κ1) is 14.0. The Balaban J connectivity index is 1.98. The zero-order valence-electron chi connectivity index (χ0n) is 10.7. The van der Waals surface area contributed by atoms with Gasteiger partial charge >= 0.3 is 0 Å². The quantitative estimate of drug-likeness (QED) is 0.721. The van der Waals surface area contributed by atoms with Crippen LogP contribution in [0.25, 0.3) is 0 Å².